The largest absolute Gasteiger partial charge is 0.326 e. The maximum absolute atomic E-state index is 5.71. The van der Waals surface area contributed by atoms with Crippen molar-refractivity contribution >= 4 is 0 Å². The molecule has 0 amide bonds. The molecular weight excluding hydrogens is 158 g/mol. The number of aryl methyl sites for hydroxylation is 1. The lowest BCUT2D eigenvalue weighted by Crippen LogP contribution is -2.03. The Hall–Kier alpha value is -0.820. The molecule has 0 fully saturated rings. The van der Waals surface area contributed by atoms with E-state index in [-0.39, 0.29) is 0 Å². The van der Waals surface area contributed by atoms with E-state index in [0.717, 1.165) is 6.42 Å². The summed E-state index contributed by atoms with van der Waals surface area (Å²) >= 11 is 0. The number of hydrogen-bond acceptors (Lipinski definition) is 1. The van der Waals surface area contributed by atoms with Crippen molar-refractivity contribution in [1.82, 2.24) is 0 Å². The molecule has 0 heterocycles. The summed E-state index contributed by atoms with van der Waals surface area (Å²) < 4.78 is 0. The summed E-state index contributed by atoms with van der Waals surface area (Å²) in [6.45, 7) is 7.24. The Morgan fingerprint density at radius 3 is 2.46 bits per heavy atom. The third-order valence-electron chi connectivity index (χ3n) is 2.46. The van der Waals surface area contributed by atoms with Crippen LogP contribution >= 0.6 is 0 Å². The molecule has 0 bridgehead atoms. The van der Waals surface area contributed by atoms with E-state index in [9.17, 15) is 0 Å². The van der Waals surface area contributed by atoms with Crippen LogP contribution in [-0.2, 0) is 13.0 Å². The molecule has 0 radical (unpaired) electrons. The molecule has 0 aromatic heterocycles. The smallest absolute Gasteiger partial charge is 0.0181 e. The Balaban J connectivity index is 3.08. The van der Waals surface area contributed by atoms with Crippen LogP contribution in [0.2, 0.25) is 0 Å². The standard InChI is InChI=1S/C12H19N/c1-4-10-5-6-12(9(2)3)11(7-10)8-13/h5-7,9H,4,8,13H2,1-3H3. The number of benzene rings is 1. The molecule has 0 aliphatic carbocycles. The van der Waals surface area contributed by atoms with E-state index in [4.69, 9.17) is 5.73 Å². The lowest BCUT2D eigenvalue weighted by molar-refractivity contribution is 0.836. The quantitative estimate of drug-likeness (QED) is 0.755. The first-order valence-electron chi connectivity index (χ1n) is 5.00. The Bertz CT molecular complexity index is 276. The lowest BCUT2D eigenvalue weighted by atomic mass is 9.95. The fourth-order valence-electron chi connectivity index (χ4n) is 1.62. The van der Waals surface area contributed by atoms with Crippen molar-refractivity contribution < 1.29 is 0 Å². The van der Waals surface area contributed by atoms with Crippen molar-refractivity contribution in [3.05, 3.63) is 34.9 Å². The Kier molecular flexibility index (Phi) is 3.49. The molecule has 13 heavy (non-hydrogen) atoms. The van der Waals surface area contributed by atoms with Gasteiger partial charge >= 0.3 is 0 Å². The molecule has 1 heteroatoms. The van der Waals surface area contributed by atoms with Crippen LogP contribution in [0.1, 0.15) is 43.4 Å². The maximum Gasteiger partial charge on any atom is 0.0181 e. The van der Waals surface area contributed by atoms with Crippen LogP contribution in [0.25, 0.3) is 0 Å². The summed E-state index contributed by atoms with van der Waals surface area (Å²) in [6.07, 6.45) is 1.09. The fraction of sp³-hybridized carbons (Fsp3) is 0.500. The van der Waals surface area contributed by atoms with Gasteiger partial charge in [-0.2, -0.15) is 0 Å². The SMILES string of the molecule is CCc1ccc(C(C)C)c(CN)c1. The van der Waals surface area contributed by atoms with E-state index in [1.165, 1.54) is 16.7 Å². The molecule has 0 saturated carbocycles. The van der Waals surface area contributed by atoms with Gasteiger partial charge in [0.2, 0.25) is 0 Å². The minimum Gasteiger partial charge on any atom is -0.326 e. The number of rotatable bonds is 3. The third kappa shape index (κ3) is 2.31. The van der Waals surface area contributed by atoms with Crippen LogP contribution < -0.4 is 5.73 Å². The topological polar surface area (TPSA) is 26.0 Å². The van der Waals surface area contributed by atoms with Crippen LogP contribution in [-0.4, -0.2) is 0 Å². The highest BCUT2D eigenvalue weighted by Crippen LogP contribution is 2.20. The summed E-state index contributed by atoms with van der Waals surface area (Å²) in [5, 5.41) is 0. The van der Waals surface area contributed by atoms with Gasteiger partial charge in [-0.15, -0.1) is 0 Å². The van der Waals surface area contributed by atoms with Crippen molar-refractivity contribution in [2.75, 3.05) is 0 Å². The summed E-state index contributed by atoms with van der Waals surface area (Å²) in [5.74, 6) is 0.574. The van der Waals surface area contributed by atoms with Gasteiger partial charge in [-0.05, 0) is 29.0 Å². The first-order chi connectivity index (χ1) is 6.19. The second kappa shape index (κ2) is 4.43. The first kappa shape index (κ1) is 10.3. The highest BCUT2D eigenvalue weighted by molar-refractivity contribution is 5.34. The second-order valence-electron chi connectivity index (χ2n) is 3.75. The van der Waals surface area contributed by atoms with E-state index >= 15 is 0 Å². The normalized spacial score (nSPS) is 10.8. The molecule has 1 nitrogen and oxygen atoms in total. The zero-order chi connectivity index (χ0) is 9.84. The second-order valence-corrected chi connectivity index (χ2v) is 3.75. The molecular formula is C12H19N. The minimum absolute atomic E-state index is 0.574. The van der Waals surface area contributed by atoms with Gasteiger partial charge in [-0.25, -0.2) is 0 Å². The molecule has 1 rings (SSSR count). The third-order valence-corrected chi connectivity index (χ3v) is 2.46. The molecule has 0 aliphatic rings. The molecule has 0 aliphatic heterocycles. The van der Waals surface area contributed by atoms with Gasteiger partial charge in [0.05, 0.1) is 0 Å². The van der Waals surface area contributed by atoms with Crippen LogP contribution in [0, 0.1) is 0 Å². The van der Waals surface area contributed by atoms with Crippen LogP contribution in [0.3, 0.4) is 0 Å². The molecule has 0 spiro atoms. The van der Waals surface area contributed by atoms with Gasteiger partial charge in [0.1, 0.15) is 0 Å². The van der Waals surface area contributed by atoms with Gasteiger partial charge < -0.3 is 5.73 Å². The molecule has 72 valence electrons. The van der Waals surface area contributed by atoms with E-state index in [1.54, 1.807) is 0 Å². The van der Waals surface area contributed by atoms with Gasteiger partial charge in [0.15, 0.2) is 0 Å². The molecule has 1 aromatic carbocycles. The van der Waals surface area contributed by atoms with E-state index < -0.39 is 0 Å². The van der Waals surface area contributed by atoms with Gasteiger partial charge in [-0.1, -0.05) is 39.0 Å². The fourth-order valence-corrected chi connectivity index (χ4v) is 1.62. The molecule has 0 unspecified atom stereocenters. The van der Waals surface area contributed by atoms with Crippen molar-refractivity contribution in [3.63, 3.8) is 0 Å². The monoisotopic (exact) mass is 177 g/mol. The molecule has 1 aromatic rings. The van der Waals surface area contributed by atoms with E-state index in [2.05, 4.69) is 39.0 Å². The average Bonchev–Trinajstić information content (AvgIpc) is 2.16. The van der Waals surface area contributed by atoms with Crippen molar-refractivity contribution in [2.24, 2.45) is 5.73 Å². The molecule has 0 atom stereocenters. The zero-order valence-corrected chi connectivity index (χ0v) is 8.80. The van der Waals surface area contributed by atoms with Crippen LogP contribution in [0.15, 0.2) is 18.2 Å². The summed E-state index contributed by atoms with van der Waals surface area (Å²) in [7, 11) is 0. The van der Waals surface area contributed by atoms with E-state index in [0.29, 0.717) is 12.5 Å². The Morgan fingerprint density at radius 2 is 2.00 bits per heavy atom. The Morgan fingerprint density at radius 1 is 1.31 bits per heavy atom. The van der Waals surface area contributed by atoms with Crippen LogP contribution in [0.4, 0.5) is 0 Å². The minimum atomic E-state index is 0.574. The highest BCUT2D eigenvalue weighted by Gasteiger charge is 2.05. The predicted octanol–water partition coefficient (Wildman–Crippen LogP) is 2.83. The predicted molar refractivity (Wildman–Crippen MR) is 57.8 cm³/mol. The number of nitrogens with two attached hydrogens (primary N) is 1. The Labute approximate surface area is 81.0 Å². The van der Waals surface area contributed by atoms with Crippen molar-refractivity contribution in [2.45, 2.75) is 39.7 Å². The average molecular weight is 177 g/mol. The number of hydrogen-bond donors (Lipinski definition) is 1. The highest BCUT2D eigenvalue weighted by atomic mass is 14.5. The van der Waals surface area contributed by atoms with Gasteiger partial charge in [0.25, 0.3) is 0 Å². The van der Waals surface area contributed by atoms with Crippen molar-refractivity contribution in [1.29, 1.82) is 0 Å². The summed E-state index contributed by atoms with van der Waals surface area (Å²) in [4.78, 5) is 0. The molecule has 0 saturated heterocycles. The first-order valence-corrected chi connectivity index (χ1v) is 5.00. The van der Waals surface area contributed by atoms with Gasteiger partial charge in [0, 0.05) is 6.54 Å². The summed E-state index contributed by atoms with van der Waals surface area (Å²) in [6, 6.07) is 6.65. The lowest BCUT2D eigenvalue weighted by Gasteiger charge is -2.12. The van der Waals surface area contributed by atoms with Gasteiger partial charge in [-0.3, -0.25) is 0 Å². The van der Waals surface area contributed by atoms with Crippen molar-refractivity contribution in [3.8, 4) is 0 Å². The zero-order valence-electron chi connectivity index (χ0n) is 8.80. The molecule has 2 N–H and O–H groups in total. The van der Waals surface area contributed by atoms with E-state index in [1.807, 2.05) is 0 Å². The summed E-state index contributed by atoms with van der Waals surface area (Å²) in [5.41, 5.74) is 9.78. The maximum atomic E-state index is 5.71. The van der Waals surface area contributed by atoms with Crippen LogP contribution in [0.5, 0.6) is 0 Å².